The van der Waals surface area contributed by atoms with E-state index in [0.29, 0.717) is 0 Å². The summed E-state index contributed by atoms with van der Waals surface area (Å²) in [6, 6.07) is 0. The summed E-state index contributed by atoms with van der Waals surface area (Å²) in [5, 5.41) is 3.21. The standard InChI is InChI=1S/C9H19NO2/c1-2-10-6-8-12-9-5-3-4-7-11-9/h9-10H,2-8H2,1H3. The predicted molar refractivity (Wildman–Crippen MR) is 48.1 cm³/mol. The largest absolute Gasteiger partial charge is 0.353 e. The molecule has 0 spiro atoms. The fourth-order valence-corrected chi connectivity index (χ4v) is 1.28. The lowest BCUT2D eigenvalue weighted by molar-refractivity contribution is -0.161. The molecule has 1 aliphatic rings. The van der Waals surface area contributed by atoms with E-state index in [1.807, 2.05) is 0 Å². The van der Waals surface area contributed by atoms with E-state index < -0.39 is 0 Å². The average molecular weight is 173 g/mol. The van der Waals surface area contributed by atoms with Crippen LogP contribution in [0.25, 0.3) is 0 Å². The predicted octanol–water partition coefficient (Wildman–Crippen LogP) is 1.14. The first-order chi connectivity index (χ1) is 5.93. The van der Waals surface area contributed by atoms with Gasteiger partial charge >= 0.3 is 0 Å². The number of hydrogen-bond acceptors (Lipinski definition) is 3. The van der Waals surface area contributed by atoms with Crippen LogP contribution in [0.15, 0.2) is 0 Å². The van der Waals surface area contributed by atoms with Crippen molar-refractivity contribution >= 4 is 0 Å². The highest BCUT2D eigenvalue weighted by Gasteiger charge is 2.12. The molecule has 0 bridgehead atoms. The van der Waals surface area contributed by atoms with Crippen LogP contribution in [0.3, 0.4) is 0 Å². The summed E-state index contributed by atoms with van der Waals surface area (Å²) in [4.78, 5) is 0. The Morgan fingerprint density at radius 3 is 3.08 bits per heavy atom. The second-order valence-electron chi connectivity index (χ2n) is 3.02. The van der Waals surface area contributed by atoms with Gasteiger partial charge in [0.25, 0.3) is 0 Å². The van der Waals surface area contributed by atoms with Gasteiger partial charge in [0.1, 0.15) is 0 Å². The molecular formula is C9H19NO2. The Morgan fingerprint density at radius 1 is 1.50 bits per heavy atom. The van der Waals surface area contributed by atoms with Crippen molar-refractivity contribution in [3.63, 3.8) is 0 Å². The van der Waals surface area contributed by atoms with Gasteiger partial charge < -0.3 is 14.8 Å². The van der Waals surface area contributed by atoms with E-state index in [1.165, 1.54) is 12.8 Å². The molecular weight excluding hydrogens is 154 g/mol. The normalized spacial score (nSPS) is 24.2. The van der Waals surface area contributed by atoms with Crippen molar-refractivity contribution < 1.29 is 9.47 Å². The summed E-state index contributed by atoms with van der Waals surface area (Å²) in [5.74, 6) is 0. The quantitative estimate of drug-likeness (QED) is 0.632. The third-order valence-corrected chi connectivity index (χ3v) is 1.97. The van der Waals surface area contributed by atoms with Crippen LogP contribution in [0.4, 0.5) is 0 Å². The molecule has 1 unspecified atom stereocenters. The van der Waals surface area contributed by atoms with Gasteiger partial charge in [0.2, 0.25) is 0 Å². The topological polar surface area (TPSA) is 30.5 Å². The van der Waals surface area contributed by atoms with Crippen LogP contribution in [-0.4, -0.2) is 32.6 Å². The summed E-state index contributed by atoms with van der Waals surface area (Å²) in [7, 11) is 0. The number of ether oxygens (including phenoxy) is 2. The van der Waals surface area contributed by atoms with E-state index in [0.717, 1.165) is 32.7 Å². The Hall–Kier alpha value is -0.120. The van der Waals surface area contributed by atoms with Gasteiger partial charge in [-0.25, -0.2) is 0 Å². The van der Waals surface area contributed by atoms with Gasteiger partial charge in [-0.15, -0.1) is 0 Å². The summed E-state index contributed by atoms with van der Waals surface area (Å²) in [6.07, 6.45) is 3.56. The van der Waals surface area contributed by atoms with Crippen molar-refractivity contribution in [2.45, 2.75) is 32.5 Å². The zero-order valence-corrected chi connectivity index (χ0v) is 7.84. The Bertz CT molecular complexity index is 103. The summed E-state index contributed by atoms with van der Waals surface area (Å²) in [6.45, 7) is 5.66. The second-order valence-corrected chi connectivity index (χ2v) is 3.02. The second kappa shape index (κ2) is 6.40. The van der Waals surface area contributed by atoms with Crippen molar-refractivity contribution in [2.75, 3.05) is 26.3 Å². The third-order valence-electron chi connectivity index (χ3n) is 1.97. The molecule has 0 aliphatic carbocycles. The van der Waals surface area contributed by atoms with Gasteiger partial charge in [-0.1, -0.05) is 6.92 Å². The van der Waals surface area contributed by atoms with Crippen molar-refractivity contribution in [1.29, 1.82) is 0 Å². The molecule has 0 amide bonds. The van der Waals surface area contributed by atoms with Crippen LogP contribution in [0.2, 0.25) is 0 Å². The molecule has 1 N–H and O–H groups in total. The highest BCUT2D eigenvalue weighted by atomic mass is 16.7. The monoisotopic (exact) mass is 173 g/mol. The molecule has 0 saturated carbocycles. The Kier molecular flexibility index (Phi) is 5.32. The van der Waals surface area contributed by atoms with E-state index in [4.69, 9.17) is 9.47 Å². The van der Waals surface area contributed by atoms with Crippen molar-refractivity contribution in [2.24, 2.45) is 0 Å². The Labute approximate surface area is 74.4 Å². The van der Waals surface area contributed by atoms with Crippen LogP contribution < -0.4 is 5.32 Å². The SMILES string of the molecule is CCNCCOC1CCCCO1. The van der Waals surface area contributed by atoms with Gasteiger partial charge in [0.15, 0.2) is 6.29 Å². The molecule has 1 fully saturated rings. The number of likely N-dealkylation sites (N-methyl/N-ethyl adjacent to an activating group) is 1. The molecule has 1 heterocycles. The van der Waals surface area contributed by atoms with Gasteiger partial charge in [-0.3, -0.25) is 0 Å². The highest BCUT2D eigenvalue weighted by Crippen LogP contribution is 2.12. The maximum atomic E-state index is 5.50. The van der Waals surface area contributed by atoms with E-state index >= 15 is 0 Å². The maximum absolute atomic E-state index is 5.50. The van der Waals surface area contributed by atoms with Crippen molar-refractivity contribution in [3.8, 4) is 0 Å². The third kappa shape index (κ3) is 4.04. The summed E-state index contributed by atoms with van der Waals surface area (Å²) < 4.78 is 10.9. The molecule has 1 saturated heterocycles. The number of nitrogens with one attached hydrogen (secondary N) is 1. The van der Waals surface area contributed by atoms with Crippen LogP contribution in [0.1, 0.15) is 26.2 Å². The van der Waals surface area contributed by atoms with Crippen LogP contribution >= 0.6 is 0 Å². The lowest BCUT2D eigenvalue weighted by Gasteiger charge is -2.22. The zero-order valence-electron chi connectivity index (χ0n) is 7.84. The Morgan fingerprint density at radius 2 is 2.42 bits per heavy atom. The maximum Gasteiger partial charge on any atom is 0.157 e. The van der Waals surface area contributed by atoms with Crippen molar-refractivity contribution in [3.05, 3.63) is 0 Å². The number of rotatable bonds is 5. The van der Waals surface area contributed by atoms with Gasteiger partial charge in [-0.05, 0) is 25.8 Å². The molecule has 3 heteroatoms. The van der Waals surface area contributed by atoms with Gasteiger partial charge in [0, 0.05) is 13.2 Å². The molecule has 72 valence electrons. The molecule has 1 aliphatic heterocycles. The van der Waals surface area contributed by atoms with E-state index in [9.17, 15) is 0 Å². The molecule has 0 aromatic carbocycles. The molecule has 1 atom stereocenters. The highest BCUT2D eigenvalue weighted by molar-refractivity contribution is 4.54. The minimum atomic E-state index is 0.0670. The average Bonchev–Trinajstić information content (AvgIpc) is 2.14. The van der Waals surface area contributed by atoms with Crippen LogP contribution in [-0.2, 0) is 9.47 Å². The first-order valence-corrected chi connectivity index (χ1v) is 4.87. The Balaban J connectivity index is 1.91. The lowest BCUT2D eigenvalue weighted by Crippen LogP contribution is -2.27. The van der Waals surface area contributed by atoms with Gasteiger partial charge in [-0.2, -0.15) is 0 Å². The summed E-state index contributed by atoms with van der Waals surface area (Å²) >= 11 is 0. The minimum absolute atomic E-state index is 0.0670. The van der Waals surface area contributed by atoms with Gasteiger partial charge in [0.05, 0.1) is 6.61 Å². The van der Waals surface area contributed by atoms with Crippen LogP contribution in [0.5, 0.6) is 0 Å². The van der Waals surface area contributed by atoms with E-state index in [-0.39, 0.29) is 6.29 Å². The molecule has 3 nitrogen and oxygen atoms in total. The molecule has 0 aromatic rings. The fraction of sp³-hybridized carbons (Fsp3) is 1.00. The molecule has 1 rings (SSSR count). The first kappa shape index (κ1) is 9.96. The fourth-order valence-electron chi connectivity index (χ4n) is 1.28. The van der Waals surface area contributed by atoms with Crippen LogP contribution in [0, 0.1) is 0 Å². The number of hydrogen-bond donors (Lipinski definition) is 1. The lowest BCUT2D eigenvalue weighted by atomic mass is 10.2. The van der Waals surface area contributed by atoms with E-state index in [2.05, 4.69) is 12.2 Å². The molecule has 0 radical (unpaired) electrons. The first-order valence-electron chi connectivity index (χ1n) is 4.87. The minimum Gasteiger partial charge on any atom is -0.353 e. The zero-order chi connectivity index (χ0) is 8.65. The molecule has 0 aromatic heterocycles. The van der Waals surface area contributed by atoms with E-state index in [1.54, 1.807) is 0 Å². The molecule has 12 heavy (non-hydrogen) atoms. The smallest absolute Gasteiger partial charge is 0.157 e. The summed E-state index contributed by atoms with van der Waals surface area (Å²) in [5.41, 5.74) is 0. The van der Waals surface area contributed by atoms with Crippen molar-refractivity contribution in [1.82, 2.24) is 5.32 Å².